The number of nitrogen functional groups attached to an aromatic ring is 1. The summed E-state index contributed by atoms with van der Waals surface area (Å²) in [6.07, 6.45) is 5.03. The summed E-state index contributed by atoms with van der Waals surface area (Å²) in [5, 5.41) is 0. The normalized spacial score (nSPS) is 25.3. The summed E-state index contributed by atoms with van der Waals surface area (Å²) in [6.45, 7) is 6.74. The molecule has 0 heterocycles. The third-order valence-electron chi connectivity index (χ3n) is 3.74. The lowest BCUT2D eigenvalue weighted by molar-refractivity contribution is 0.515. The van der Waals surface area contributed by atoms with Gasteiger partial charge in [-0.15, -0.1) is 0 Å². The number of anilines is 1. The summed E-state index contributed by atoms with van der Waals surface area (Å²) in [5.41, 5.74) is 11.0. The monoisotopic (exact) mass is 215 g/mol. The Kier molecular flexibility index (Phi) is 3.04. The highest BCUT2D eigenvalue weighted by atomic mass is 14.6. The van der Waals surface area contributed by atoms with Crippen LogP contribution in [-0.2, 0) is 0 Å². The van der Waals surface area contributed by atoms with Crippen LogP contribution in [0.15, 0.2) is 24.3 Å². The largest absolute Gasteiger partial charge is 0.398 e. The molecule has 0 unspecified atom stereocenters. The molecule has 0 spiro atoms. The minimum Gasteiger partial charge on any atom is -0.398 e. The predicted molar refractivity (Wildman–Crippen MR) is 71.1 cm³/mol. The van der Waals surface area contributed by atoms with Gasteiger partial charge in [-0.1, -0.05) is 32.1 Å². The van der Waals surface area contributed by atoms with Gasteiger partial charge in [-0.05, 0) is 54.4 Å². The smallest absolute Gasteiger partial charge is 0.0349 e. The molecule has 86 valence electrons. The molecule has 2 atom stereocenters. The molecule has 0 fully saturated rings. The highest BCUT2D eigenvalue weighted by Gasteiger charge is 2.19. The molecule has 0 bridgehead atoms. The Morgan fingerprint density at radius 2 is 1.94 bits per heavy atom. The molecule has 0 aliphatic heterocycles. The highest BCUT2D eigenvalue weighted by Crippen LogP contribution is 2.36. The first-order valence-corrected chi connectivity index (χ1v) is 6.16. The standard InChI is InChI=1S/C15H21N/c1-10-7-8-11(2)14(9-10)13-5-4-6-15(16)12(13)3/h4-6,9-11H,7-8,16H2,1-3H3/t10-,11-/m1/s1. The number of benzene rings is 1. The zero-order chi connectivity index (χ0) is 11.7. The summed E-state index contributed by atoms with van der Waals surface area (Å²) in [6, 6.07) is 6.24. The SMILES string of the molecule is Cc1c(N)cccc1C1=C[C@H](C)CC[C@H]1C. The van der Waals surface area contributed by atoms with Gasteiger partial charge in [0.2, 0.25) is 0 Å². The third-order valence-corrected chi connectivity index (χ3v) is 3.74. The van der Waals surface area contributed by atoms with Crippen LogP contribution in [0.2, 0.25) is 0 Å². The molecule has 16 heavy (non-hydrogen) atoms. The molecule has 1 aromatic carbocycles. The van der Waals surface area contributed by atoms with Crippen LogP contribution in [0.4, 0.5) is 5.69 Å². The minimum absolute atomic E-state index is 0.664. The molecule has 0 aromatic heterocycles. The van der Waals surface area contributed by atoms with Crippen molar-refractivity contribution in [2.24, 2.45) is 11.8 Å². The fraction of sp³-hybridized carbons (Fsp3) is 0.467. The predicted octanol–water partition coefficient (Wildman–Crippen LogP) is 4.03. The van der Waals surface area contributed by atoms with E-state index in [4.69, 9.17) is 5.73 Å². The minimum atomic E-state index is 0.664. The van der Waals surface area contributed by atoms with Crippen molar-refractivity contribution >= 4 is 11.3 Å². The number of rotatable bonds is 1. The zero-order valence-electron chi connectivity index (χ0n) is 10.5. The molecule has 0 saturated heterocycles. The van der Waals surface area contributed by atoms with E-state index in [0.717, 1.165) is 5.69 Å². The maximum Gasteiger partial charge on any atom is 0.0349 e. The van der Waals surface area contributed by atoms with Gasteiger partial charge in [-0.25, -0.2) is 0 Å². The number of allylic oxidation sites excluding steroid dienone is 2. The van der Waals surface area contributed by atoms with Crippen LogP contribution in [0.25, 0.3) is 5.57 Å². The van der Waals surface area contributed by atoms with Crippen molar-refractivity contribution in [3.05, 3.63) is 35.4 Å². The third kappa shape index (κ3) is 1.99. The number of hydrogen-bond acceptors (Lipinski definition) is 1. The second kappa shape index (κ2) is 4.32. The molecule has 1 nitrogen and oxygen atoms in total. The van der Waals surface area contributed by atoms with Crippen molar-refractivity contribution in [2.75, 3.05) is 5.73 Å². The van der Waals surface area contributed by atoms with Crippen LogP contribution < -0.4 is 5.73 Å². The van der Waals surface area contributed by atoms with E-state index in [0.29, 0.717) is 11.8 Å². The Balaban J connectivity index is 2.47. The molecule has 0 radical (unpaired) electrons. The van der Waals surface area contributed by atoms with Crippen molar-refractivity contribution < 1.29 is 0 Å². The lowest BCUT2D eigenvalue weighted by Gasteiger charge is -2.26. The highest BCUT2D eigenvalue weighted by molar-refractivity contribution is 5.74. The van der Waals surface area contributed by atoms with Crippen LogP contribution in [0.5, 0.6) is 0 Å². The van der Waals surface area contributed by atoms with Crippen LogP contribution >= 0.6 is 0 Å². The Morgan fingerprint density at radius 1 is 1.19 bits per heavy atom. The van der Waals surface area contributed by atoms with Crippen molar-refractivity contribution in [3.8, 4) is 0 Å². The van der Waals surface area contributed by atoms with Gasteiger partial charge < -0.3 is 5.73 Å². The molecule has 1 aliphatic rings. The molecular formula is C15H21N. The van der Waals surface area contributed by atoms with Gasteiger partial charge in [0.15, 0.2) is 0 Å². The molecule has 1 aromatic rings. The van der Waals surface area contributed by atoms with Gasteiger partial charge in [0.1, 0.15) is 0 Å². The van der Waals surface area contributed by atoms with Crippen molar-refractivity contribution in [3.63, 3.8) is 0 Å². The van der Waals surface area contributed by atoms with Crippen molar-refractivity contribution in [1.82, 2.24) is 0 Å². The van der Waals surface area contributed by atoms with Gasteiger partial charge in [-0.2, -0.15) is 0 Å². The number of hydrogen-bond donors (Lipinski definition) is 1. The van der Waals surface area contributed by atoms with E-state index in [1.54, 1.807) is 0 Å². The molecule has 0 amide bonds. The first kappa shape index (κ1) is 11.3. The molecule has 2 N–H and O–H groups in total. The average molecular weight is 215 g/mol. The summed E-state index contributed by atoms with van der Waals surface area (Å²) in [4.78, 5) is 0. The topological polar surface area (TPSA) is 26.0 Å². The van der Waals surface area contributed by atoms with Gasteiger partial charge in [0.25, 0.3) is 0 Å². The van der Waals surface area contributed by atoms with Crippen LogP contribution in [-0.4, -0.2) is 0 Å². The van der Waals surface area contributed by atoms with E-state index in [1.807, 2.05) is 6.07 Å². The van der Waals surface area contributed by atoms with E-state index in [2.05, 4.69) is 39.0 Å². The molecule has 0 saturated carbocycles. The van der Waals surface area contributed by atoms with E-state index in [-0.39, 0.29) is 0 Å². The van der Waals surface area contributed by atoms with Gasteiger partial charge >= 0.3 is 0 Å². The lowest BCUT2D eigenvalue weighted by Crippen LogP contribution is -2.10. The van der Waals surface area contributed by atoms with E-state index < -0.39 is 0 Å². The Labute approximate surface area is 98.4 Å². The van der Waals surface area contributed by atoms with Gasteiger partial charge in [-0.3, -0.25) is 0 Å². The van der Waals surface area contributed by atoms with E-state index in [1.165, 1.54) is 29.5 Å². The maximum atomic E-state index is 5.98. The van der Waals surface area contributed by atoms with Crippen molar-refractivity contribution in [1.29, 1.82) is 0 Å². The Bertz CT molecular complexity index is 417. The van der Waals surface area contributed by atoms with Crippen LogP contribution in [0.1, 0.15) is 37.8 Å². The van der Waals surface area contributed by atoms with Gasteiger partial charge in [0.05, 0.1) is 0 Å². The molecular weight excluding hydrogens is 194 g/mol. The van der Waals surface area contributed by atoms with Crippen LogP contribution in [0.3, 0.4) is 0 Å². The van der Waals surface area contributed by atoms with Crippen LogP contribution in [0, 0.1) is 18.8 Å². The van der Waals surface area contributed by atoms with E-state index >= 15 is 0 Å². The maximum absolute atomic E-state index is 5.98. The first-order chi connectivity index (χ1) is 7.59. The zero-order valence-corrected chi connectivity index (χ0v) is 10.5. The summed E-state index contributed by atoms with van der Waals surface area (Å²) < 4.78 is 0. The average Bonchev–Trinajstić information content (AvgIpc) is 2.26. The second-order valence-electron chi connectivity index (χ2n) is 5.10. The molecule has 1 aliphatic carbocycles. The van der Waals surface area contributed by atoms with E-state index in [9.17, 15) is 0 Å². The second-order valence-corrected chi connectivity index (χ2v) is 5.10. The fourth-order valence-corrected chi connectivity index (χ4v) is 2.54. The summed E-state index contributed by atoms with van der Waals surface area (Å²) in [5.74, 6) is 1.36. The van der Waals surface area contributed by atoms with Gasteiger partial charge in [0, 0.05) is 5.69 Å². The summed E-state index contributed by atoms with van der Waals surface area (Å²) in [7, 11) is 0. The lowest BCUT2D eigenvalue weighted by atomic mass is 9.80. The quantitative estimate of drug-likeness (QED) is 0.703. The molecule has 2 rings (SSSR count). The molecule has 1 heteroatoms. The number of nitrogens with two attached hydrogens (primary N) is 1. The van der Waals surface area contributed by atoms with Crippen molar-refractivity contribution in [2.45, 2.75) is 33.6 Å². The Hall–Kier alpha value is -1.24. The summed E-state index contributed by atoms with van der Waals surface area (Å²) >= 11 is 0. The first-order valence-electron chi connectivity index (χ1n) is 6.16. The fourth-order valence-electron chi connectivity index (χ4n) is 2.54. The Morgan fingerprint density at radius 3 is 2.69 bits per heavy atom.